The molecule has 4 N–H and O–H groups in total. The zero-order chi connectivity index (χ0) is 33.1. The summed E-state index contributed by atoms with van der Waals surface area (Å²) >= 11 is 0. The smallest absolute Gasteiger partial charge is 0.245 e. The van der Waals surface area contributed by atoms with E-state index in [1.54, 1.807) is 13.2 Å². The number of hydrogen-bond donors (Lipinski definition) is 4. The van der Waals surface area contributed by atoms with Crippen LogP contribution in [0.2, 0.25) is 0 Å². The van der Waals surface area contributed by atoms with Crippen molar-refractivity contribution in [3.63, 3.8) is 0 Å². The third-order valence-corrected chi connectivity index (χ3v) is 9.20. The second-order valence-corrected chi connectivity index (χ2v) is 14.3. The van der Waals surface area contributed by atoms with E-state index in [1.807, 2.05) is 58.0 Å². The van der Waals surface area contributed by atoms with Crippen molar-refractivity contribution >= 4 is 21.8 Å². The van der Waals surface area contributed by atoms with Crippen LogP contribution in [0.25, 0.3) is 0 Å². The Morgan fingerprint density at radius 3 is 2.42 bits per heavy atom. The Hall–Kier alpha value is -3.23. The third-order valence-electron chi connectivity index (χ3n) is 7.28. The number of fused-ring (bicyclic) bond motifs is 1. The first kappa shape index (κ1) is 36.2. The maximum absolute atomic E-state index is 14.2. The fourth-order valence-corrected chi connectivity index (χ4v) is 6.80. The molecular formula is C32H48N4O8S. The molecule has 13 heteroatoms. The van der Waals surface area contributed by atoms with Crippen molar-refractivity contribution in [3.8, 4) is 11.5 Å². The van der Waals surface area contributed by atoms with Crippen molar-refractivity contribution in [3.05, 3.63) is 54.1 Å². The van der Waals surface area contributed by atoms with E-state index < -0.39 is 21.2 Å². The summed E-state index contributed by atoms with van der Waals surface area (Å²) in [5.41, 5.74) is -1.67. The van der Waals surface area contributed by atoms with Crippen molar-refractivity contribution < 1.29 is 37.3 Å². The number of rotatable bonds is 19. The van der Waals surface area contributed by atoms with Crippen LogP contribution in [-0.2, 0) is 30.8 Å². The lowest BCUT2D eigenvalue weighted by Crippen LogP contribution is -2.55. The van der Waals surface area contributed by atoms with Gasteiger partial charge in [0, 0.05) is 58.6 Å². The Labute approximate surface area is 266 Å². The summed E-state index contributed by atoms with van der Waals surface area (Å²) in [7, 11) is -2.63. The van der Waals surface area contributed by atoms with E-state index >= 15 is 0 Å². The molecule has 45 heavy (non-hydrogen) atoms. The normalized spacial score (nSPS) is 14.4. The molecule has 3 rings (SSSR count). The lowest BCUT2D eigenvalue weighted by molar-refractivity contribution is -0.125. The molecule has 0 radical (unpaired) electrons. The molecule has 0 spiro atoms. The van der Waals surface area contributed by atoms with E-state index in [-0.39, 0.29) is 68.3 Å². The maximum atomic E-state index is 14.2. The number of nitrogens with zero attached hydrogens (tertiary/aromatic N) is 1. The van der Waals surface area contributed by atoms with Crippen molar-refractivity contribution in [1.29, 1.82) is 0 Å². The summed E-state index contributed by atoms with van der Waals surface area (Å²) in [4.78, 5) is 25.1. The highest BCUT2D eigenvalue weighted by molar-refractivity contribution is 7.89. The molecule has 2 amide bonds. The van der Waals surface area contributed by atoms with Gasteiger partial charge in [-0.05, 0) is 29.0 Å². The van der Waals surface area contributed by atoms with Crippen LogP contribution in [0.5, 0.6) is 11.5 Å². The van der Waals surface area contributed by atoms with E-state index in [4.69, 9.17) is 14.2 Å². The van der Waals surface area contributed by atoms with Gasteiger partial charge in [-0.3, -0.25) is 9.59 Å². The first-order valence-electron chi connectivity index (χ1n) is 15.2. The van der Waals surface area contributed by atoms with Crippen LogP contribution in [-0.4, -0.2) is 88.6 Å². The number of amides is 2. The molecule has 1 aliphatic heterocycles. The fraction of sp³-hybridized carbons (Fsp3) is 0.562. The van der Waals surface area contributed by atoms with Crippen molar-refractivity contribution in [2.75, 3.05) is 53.2 Å². The van der Waals surface area contributed by atoms with Crippen LogP contribution >= 0.6 is 0 Å². The highest BCUT2D eigenvalue weighted by Crippen LogP contribution is 2.37. The number of carbonyl (C=O) groups excluding carboxylic acids is 2. The molecule has 0 bridgehead atoms. The quantitative estimate of drug-likeness (QED) is 0.133. The second kappa shape index (κ2) is 16.4. The van der Waals surface area contributed by atoms with Gasteiger partial charge in [0.1, 0.15) is 5.72 Å². The summed E-state index contributed by atoms with van der Waals surface area (Å²) in [5, 5.41) is 20.9. The molecule has 250 valence electrons. The molecular weight excluding hydrogens is 600 g/mol. The van der Waals surface area contributed by atoms with E-state index in [1.165, 1.54) is 12.1 Å². The SMILES string of the molecule is COCCNCC(=O)NCC(C)(C)CC(=O)NCCC(O)(Cc1ccccc1)N(CC(C)C)S(=O)(=O)c1ccc2c(c1)OCO2. The number of nitrogens with one attached hydrogen (secondary N) is 3. The fourth-order valence-electron chi connectivity index (χ4n) is 4.95. The first-order chi connectivity index (χ1) is 21.3. The predicted molar refractivity (Wildman–Crippen MR) is 170 cm³/mol. The van der Waals surface area contributed by atoms with Gasteiger partial charge < -0.3 is 35.3 Å². The number of methoxy groups -OCH3 is 1. The molecule has 1 aliphatic rings. The average molecular weight is 649 g/mol. The molecule has 1 unspecified atom stereocenters. The lowest BCUT2D eigenvalue weighted by atomic mass is 9.88. The molecule has 0 fully saturated rings. The molecule has 1 heterocycles. The van der Waals surface area contributed by atoms with E-state index in [0.717, 1.165) is 9.87 Å². The Balaban J connectivity index is 1.73. The van der Waals surface area contributed by atoms with Gasteiger partial charge in [-0.2, -0.15) is 4.31 Å². The zero-order valence-electron chi connectivity index (χ0n) is 26.9. The molecule has 0 saturated carbocycles. The highest BCUT2D eigenvalue weighted by atomic mass is 32.2. The summed E-state index contributed by atoms with van der Waals surface area (Å²) in [6, 6.07) is 13.5. The highest BCUT2D eigenvalue weighted by Gasteiger charge is 2.43. The Bertz CT molecular complexity index is 1370. The van der Waals surface area contributed by atoms with Gasteiger partial charge in [0.05, 0.1) is 18.0 Å². The second-order valence-electron chi connectivity index (χ2n) is 12.5. The van der Waals surface area contributed by atoms with E-state index in [2.05, 4.69) is 16.0 Å². The number of carbonyl (C=O) groups is 2. The van der Waals surface area contributed by atoms with Crippen LogP contribution in [0.1, 0.15) is 46.1 Å². The van der Waals surface area contributed by atoms with Gasteiger partial charge in [0.2, 0.25) is 28.6 Å². The van der Waals surface area contributed by atoms with Gasteiger partial charge in [-0.15, -0.1) is 0 Å². The van der Waals surface area contributed by atoms with Crippen LogP contribution in [0.3, 0.4) is 0 Å². The molecule has 0 saturated heterocycles. The standard InChI is InChI=1S/C32H48N4O8S/c1-24(2)21-36(45(40,41)26-11-12-27-28(17-26)44-23-43-27)32(39,18-25-9-7-6-8-10-25)13-14-34-29(37)19-31(3,4)22-35-30(38)20-33-15-16-42-5/h6-12,17,24,33,39H,13-16,18-23H2,1-5H3,(H,34,37)(H,35,38). The molecule has 0 aliphatic carbocycles. The predicted octanol–water partition coefficient (Wildman–Crippen LogP) is 2.27. The maximum Gasteiger partial charge on any atom is 0.245 e. The molecule has 2 aromatic rings. The third kappa shape index (κ3) is 11.0. The van der Waals surface area contributed by atoms with Crippen molar-refractivity contribution in [2.45, 2.75) is 57.6 Å². The van der Waals surface area contributed by atoms with Gasteiger partial charge in [-0.1, -0.05) is 58.0 Å². The first-order valence-corrected chi connectivity index (χ1v) is 16.6. The van der Waals surface area contributed by atoms with Crippen LogP contribution in [0, 0.1) is 11.3 Å². The Morgan fingerprint density at radius 1 is 1.02 bits per heavy atom. The van der Waals surface area contributed by atoms with E-state index in [9.17, 15) is 23.1 Å². The van der Waals surface area contributed by atoms with Crippen LogP contribution < -0.4 is 25.4 Å². The number of ether oxygens (including phenoxy) is 3. The van der Waals surface area contributed by atoms with Crippen molar-refractivity contribution in [1.82, 2.24) is 20.3 Å². The average Bonchev–Trinajstić information content (AvgIpc) is 3.45. The Morgan fingerprint density at radius 2 is 1.73 bits per heavy atom. The minimum atomic E-state index is -4.22. The topological polar surface area (TPSA) is 156 Å². The minimum Gasteiger partial charge on any atom is -0.454 e. The largest absolute Gasteiger partial charge is 0.454 e. The molecule has 2 aromatic carbocycles. The number of sulfonamides is 1. The van der Waals surface area contributed by atoms with Gasteiger partial charge in [0.25, 0.3) is 0 Å². The molecule has 1 atom stereocenters. The Kier molecular flexibility index (Phi) is 13.2. The summed E-state index contributed by atoms with van der Waals surface area (Å²) in [6.07, 6.45) is 0.0668. The monoisotopic (exact) mass is 648 g/mol. The number of aliphatic hydroxyl groups is 1. The van der Waals surface area contributed by atoms with E-state index in [0.29, 0.717) is 31.2 Å². The number of hydrogen-bond acceptors (Lipinski definition) is 9. The zero-order valence-corrected chi connectivity index (χ0v) is 27.7. The number of benzene rings is 2. The van der Waals surface area contributed by atoms with Gasteiger partial charge >= 0.3 is 0 Å². The van der Waals surface area contributed by atoms with Crippen LogP contribution in [0.4, 0.5) is 0 Å². The van der Waals surface area contributed by atoms with Crippen molar-refractivity contribution in [2.24, 2.45) is 11.3 Å². The molecule has 0 aromatic heterocycles. The van der Waals surface area contributed by atoms with Gasteiger partial charge in [0.15, 0.2) is 11.5 Å². The van der Waals surface area contributed by atoms with Gasteiger partial charge in [-0.25, -0.2) is 8.42 Å². The van der Waals surface area contributed by atoms with Crippen LogP contribution in [0.15, 0.2) is 53.4 Å². The summed E-state index contributed by atoms with van der Waals surface area (Å²) < 4.78 is 45.2. The lowest BCUT2D eigenvalue weighted by Gasteiger charge is -2.40. The summed E-state index contributed by atoms with van der Waals surface area (Å²) in [6.45, 7) is 9.07. The summed E-state index contributed by atoms with van der Waals surface area (Å²) in [5.74, 6) is 0.202. The molecule has 12 nitrogen and oxygen atoms in total. The minimum absolute atomic E-state index is 0.00144.